The second-order valence-corrected chi connectivity index (χ2v) is 5.13. The third-order valence-corrected chi connectivity index (χ3v) is 3.30. The molecule has 1 amide bonds. The molecule has 0 unspecified atom stereocenters. The van der Waals surface area contributed by atoms with Crippen molar-refractivity contribution < 1.29 is 9.53 Å². The molecule has 0 aliphatic carbocycles. The van der Waals surface area contributed by atoms with Crippen LogP contribution in [-0.2, 0) is 4.74 Å². The van der Waals surface area contributed by atoms with Crippen LogP contribution in [0.3, 0.4) is 0 Å². The highest BCUT2D eigenvalue weighted by atomic mass is 16.6. The van der Waals surface area contributed by atoms with Crippen LogP contribution in [0.1, 0.15) is 26.7 Å². The molecule has 0 bridgehead atoms. The smallest absolute Gasteiger partial charge is 0.414 e. The van der Waals surface area contributed by atoms with Crippen molar-refractivity contribution in [3.05, 3.63) is 30.3 Å². The van der Waals surface area contributed by atoms with Crippen LogP contribution >= 0.6 is 0 Å². The van der Waals surface area contributed by atoms with Crippen molar-refractivity contribution in [3.63, 3.8) is 0 Å². The second kappa shape index (κ2) is 6.57. The van der Waals surface area contributed by atoms with E-state index < -0.39 is 0 Å². The van der Waals surface area contributed by atoms with Crippen molar-refractivity contribution in [2.45, 2.75) is 38.8 Å². The molecular formula is C15H22N2O2. The van der Waals surface area contributed by atoms with E-state index >= 15 is 0 Å². The Labute approximate surface area is 114 Å². The number of anilines is 1. The third-order valence-electron chi connectivity index (χ3n) is 3.30. The van der Waals surface area contributed by atoms with E-state index in [0.29, 0.717) is 0 Å². The highest BCUT2D eigenvalue weighted by Crippen LogP contribution is 2.19. The summed E-state index contributed by atoms with van der Waals surface area (Å²) >= 11 is 0. The molecule has 4 nitrogen and oxygen atoms in total. The second-order valence-electron chi connectivity index (χ2n) is 5.13. The maximum Gasteiger partial charge on any atom is 0.414 e. The summed E-state index contributed by atoms with van der Waals surface area (Å²) < 4.78 is 5.62. The molecule has 1 heterocycles. The van der Waals surface area contributed by atoms with Crippen LogP contribution in [0.15, 0.2) is 30.3 Å². The lowest BCUT2D eigenvalue weighted by molar-refractivity contribution is 0.0839. The molecule has 2 rings (SSSR count). The van der Waals surface area contributed by atoms with E-state index in [0.717, 1.165) is 31.6 Å². The molecule has 104 valence electrons. The van der Waals surface area contributed by atoms with Gasteiger partial charge in [-0.2, -0.15) is 0 Å². The average molecular weight is 262 g/mol. The largest absolute Gasteiger partial charge is 0.446 e. The number of nitrogens with zero attached hydrogens (tertiary/aromatic N) is 1. The molecule has 19 heavy (non-hydrogen) atoms. The van der Waals surface area contributed by atoms with Gasteiger partial charge in [-0.05, 0) is 51.9 Å². The molecule has 0 radical (unpaired) electrons. The van der Waals surface area contributed by atoms with Gasteiger partial charge in [0.1, 0.15) is 6.10 Å². The van der Waals surface area contributed by atoms with Crippen molar-refractivity contribution >= 4 is 11.8 Å². The summed E-state index contributed by atoms with van der Waals surface area (Å²) in [5, 5.41) is 3.27. The first-order valence-electron chi connectivity index (χ1n) is 6.94. The quantitative estimate of drug-likeness (QED) is 0.910. The molecule has 0 spiro atoms. The molecular weight excluding hydrogens is 240 g/mol. The minimum Gasteiger partial charge on any atom is -0.446 e. The average Bonchev–Trinajstić information content (AvgIpc) is 2.40. The first kappa shape index (κ1) is 13.9. The van der Waals surface area contributed by atoms with E-state index in [-0.39, 0.29) is 18.2 Å². The molecule has 1 N–H and O–H groups in total. The third kappa shape index (κ3) is 3.70. The first-order valence-corrected chi connectivity index (χ1v) is 6.94. The Morgan fingerprint density at radius 3 is 2.47 bits per heavy atom. The molecule has 1 saturated heterocycles. The van der Waals surface area contributed by atoms with Crippen LogP contribution in [-0.4, -0.2) is 31.3 Å². The zero-order valence-corrected chi connectivity index (χ0v) is 11.6. The highest BCUT2D eigenvalue weighted by Gasteiger charge is 2.24. The van der Waals surface area contributed by atoms with Gasteiger partial charge in [0.2, 0.25) is 0 Å². The zero-order valence-electron chi connectivity index (χ0n) is 11.6. The van der Waals surface area contributed by atoms with Gasteiger partial charge in [0, 0.05) is 11.7 Å². The zero-order chi connectivity index (χ0) is 13.7. The summed E-state index contributed by atoms with van der Waals surface area (Å²) in [6, 6.07) is 9.76. The SMILES string of the molecule is CC(C)N(C(=O)OC1CCNCC1)c1ccccc1. The Morgan fingerprint density at radius 1 is 1.26 bits per heavy atom. The van der Waals surface area contributed by atoms with Crippen molar-refractivity contribution in [2.75, 3.05) is 18.0 Å². The van der Waals surface area contributed by atoms with Gasteiger partial charge in [-0.1, -0.05) is 18.2 Å². The van der Waals surface area contributed by atoms with Gasteiger partial charge in [-0.3, -0.25) is 4.90 Å². The predicted molar refractivity (Wildman–Crippen MR) is 76.4 cm³/mol. The van der Waals surface area contributed by atoms with Crippen LogP contribution in [0.5, 0.6) is 0 Å². The maximum atomic E-state index is 12.3. The van der Waals surface area contributed by atoms with Crippen molar-refractivity contribution in [2.24, 2.45) is 0 Å². The van der Waals surface area contributed by atoms with Crippen LogP contribution in [0.4, 0.5) is 10.5 Å². The number of para-hydroxylation sites is 1. The fourth-order valence-electron chi connectivity index (χ4n) is 2.32. The number of hydrogen-bond donors (Lipinski definition) is 1. The number of benzene rings is 1. The summed E-state index contributed by atoms with van der Waals surface area (Å²) in [7, 11) is 0. The lowest BCUT2D eigenvalue weighted by Gasteiger charge is -2.30. The van der Waals surface area contributed by atoms with E-state index in [1.807, 2.05) is 44.2 Å². The summed E-state index contributed by atoms with van der Waals surface area (Å²) in [6.07, 6.45) is 1.59. The number of amides is 1. The van der Waals surface area contributed by atoms with Gasteiger partial charge in [-0.25, -0.2) is 4.79 Å². The van der Waals surface area contributed by atoms with Gasteiger partial charge in [-0.15, -0.1) is 0 Å². The number of nitrogens with one attached hydrogen (secondary N) is 1. The standard InChI is InChI=1S/C15H22N2O2/c1-12(2)17(13-6-4-3-5-7-13)15(18)19-14-8-10-16-11-9-14/h3-7,12,14,16H,8-11H2,1-2H3. The Hall–Kier alpha value is -1.55. The molecule has 1 aliphatic heterocycles. The number of hydrogen-bond acceptors (Lipinski definition) is 3. The van der Waals surface area contributed by atoms with Crippen molar-refractivity contribution in [3.8, 4) is 0 Å². The van der Waals surface area contributed by atoms with Crippen molar-refractivity contribution in [1.29, 1.82) is 0 Å². The van der Waals surface area contributed by atoms with E-state index in [4.69, 9.17) is 4.74 Å². The number of ether oxygens (including phenoxy) is 1. The van der Waals surface area contributed by atoms with Gasteiger partial charge in [0.25, 0.3) is 0 Å². The molecule has 0 saturated carbocycles. The lowest BCUT2D eigenvalue weighted by atomic mass is 10.1. The van der Waals surface area contributed by atoms with Crippen molar-refractivity contribution in [1.82, 2.24) is 5.32 Å². The minimum absolute atomic E-state index is 0.0405. The Bertz CT molecular complexity index is 400. The Kier molecular flexibility index (Phi) is 4.80. The van der Waals surface area contributed by atoms with E-state index in [1.165, 1.54) is 0 Å². The molecule has 1 fully saturated rings. The fraction of sp³-hybridized carbons (Fsp3) is 0.533. The number of carbonyl (C=O) groups is 1. The number of carbonyl (C=O) groups excluding carboxylic acids is 1. The summed E-state index contributed by atoms with van der Waals surface area (Å²) in [5.74, 6) is 0. The topological polar surface area (TPSA) is 41.6 Å². The Balaban J connectivity index is 2.04. The summed E-state index contributed by atoms with van der Waals surface area (Å²) in [6.45, 7) is 5.84. The molecule has 4 heteroatoms. The fourth-order valence-corrected chi connectivity index (χ4v) is 2.32. The van der Waals surface area contributed by atoms with E-state index in [9.17, 15) is 4.79 Å². The van der Waals surface area contributed by atoms with Gasteiger partial charge in [0.05, 0.1) is 0 Å². The van der Waals surface area contributed by atoms with Gasteiger partial charge in [0.15, 0.2) is 0 Å². The number of piperidine rings is 1. The van der Waals surface area contributed by atoms with Gasteiger partial charge >= 0.3 is 6.09 Å². The van der Waals surface area contributed by atoms with Crippen LogP contribution in [0, 0.1) is 0 Å². The molecule has 1 aromatic carbocycles. The normalized spacial score (nSPS) is 16.4. The first-order chi connectivity index (χ1) is 9.18. The summed E-state index contributed by atoms with van der Waals surface area (Å²) in [4.78, 5) is 14.0. The molecule has 1 aliphatic rings. The van der Waals surface area contributed by atoms with Crippen LogP contribution < -0.4 is 10.2 Å². The monoisotopic (exact) mass is 262 g/mol. The highest BCUT2D eigenvalue weighted by molar-refractivity contribution is 5.88. The van der Waals surface area contributed by atoms with Crippen LogP contribution in [0.25, 0.3) is 0 Å². The van der Waals surface area contributed by atoms with Gasteiger partial charge < -0.3 is 10.1 Å². The minimum atomic E-state index is -0.242. The Morgan fingerprint density at radius 2 is 1.89 bits per heavy atom. The summed E-state index contributed by atoms with van der Waals surface area (Å²) in [5.41, 5.74) is 0.886. The predicted octanol–water partition coefficient (Wildman–Crippen LogP) is 2.79. The number of rotatable bonds is 3. The van der Waals surface area contributed by atoms with E-state index in [2.05, 4.69) is 5.32 Å². The van der Waals surface area contributed by atoms with E-state index in [1.54, 1.807) is 4.90 Å². The van der Waals surface area contributed by atoms with Crippen LogP contribution in [0.2, 0.25) is 0 Å². The molecule has 0 aromatic heterocycles. The lowest BCUT2D eigenvalue weighted by Crippen LogP contribution is -2.41. The molecule has 1 aromatic rings. The maximum absolute atomic E-state index is 12.3. The molecule has 0 atom stereocenters.